The number of benzene rings is 2. The average Bonchev–Trinajstić information content (AvgIpc) is 2.66. The average molecular weight is 444 g/mol. The minimum atomic E-state index is -4.67. The lowest BCUT2D eigenvalue weighted by Crippen LogP contribution is -2.41. The first kappa shape index (κ1) is 23.7. The molecule has 0 radical (unpaired) electrons. The predicted molar refractivity (Wildman–Crippen MR) is 107 cm³/mol. The summed E-state index contributed by atoms with van der Waals surface area (Å²) in [5.74, 6) is -0.805. The van der Waals surface area contributed by atoms with E-state index in [1.54, 1.807) is 6.07 Å². The maximum absolute atomic E-state index is 13.1. The fraction of sp³-hybridized carbons (Fsp3) is 0.350. The number of hydrogen-bond donors (Lipinski definition) is 2. The highest BCUT2D eigenvalue weighted by Gasteiger charge is 2.34. The Bertz CT molecular complexity index is 1020. The van der Waals surface area contributed by atoms with Crippen molar-refractivity contribution in [3.63, 3.8) is 0 Å². The van der Waals surface area contributed by atoms with Crippen LogP contribution in [0.1, 0.15) is 37.8 Å². The molecule has 2 aromatic rings. The van der Waals surface area contributed by atoms with Gasteiger partial charge in [0.15, 0.2) is 0 Å². The summed E-state index contributed by atoms with van der Waals surface area (Å²) in [6.07, 6.45) is -4.67. The summed E-state index contributed by atoms with van der Waals surface area (Å²) in [6, 6.07) is 7.78. The van der Waals surface area contributed by atoms with E-state index in [0.717, 1.165) is 17.7 Å². The van der Waals surface area contributed by atoms with Gasteiger partial charge in [-0.3, -0.25) is 4.79 Å². The molecular weight excluding hydrogens is 421 g/mol. The standard InChI is InChI=1S/C20H23F3N2O4S/c1-12(2)14-9-10-17(29-4)18(11-14)30(27,28)25-13(3)19(26)24-16-8-6-5-7-15(16)20(21,22)23/h5-13,25H,1-4H3,(H,24,26). The van der Waals surface area contributed by atoms with Crippen molar-refractivity contribution in [2.75, 3.05) is 12.4 Å². The number of hydrogen-bond acceptors (Lipinski definition) is 4. The van der Waals surface area contributed by atoms with Crippen LogP contribution in [0.3, 0.4) is 0 Å². The van der Waals surface area contributed by atoms with Crippen molar-refractivity contribution in [3.05, 3.63) is 53.6 Å². The largest absolute Gasteiger partial charge is 0.495 e. The van der Waals surface area contributed by atoms with Gasteiger partial charge in [-0.2, -0.15) is 17.9 Å². The number of ether oxygens (including phenoxy) is 1. The van der Waals surface area contributed by atoms with Gasteiger partial charge in [0.2, 0.25) is 15.9 Å². The van der Waals surface area contributed by atoms with Gasteiger partial charge in [0, 0.05) is 0 Å². The van der Waals surface area contributed by atoms with Crippen molar-refractivity contribution in [2.45, 2.75) is 43.8 Å². The van der Waals surface area contributed by atoms with E-state index in [1.807, 2.05) is 13.8 Å². The Morgan fingerprint density at radius 1 is 1.07 bits per heavy atom. The molecule has 0 spiro atoms. The van der Waals surface area contributed by atoms with Crippen LogP contribution in [0.4, 0.5) is 18.9 Å². The second-order valence-electron chi connectivity index (χ2n) is 6.94. The minimum absolute atomic E-state index is 0.0458. The highest BCUT2D eigenvalue weighted by molar-refractivity contribution is 7.89. The van der Waals surface area contributed by atoms with E-state index >= 15 is 0 Å². The SMILES string of the molecule is COc1ccc(C(C)C)cc1S(=O)(=O)NC(C)C(=O)Nc1ccccc1C(F)(F)F. The Balaban J connectivity index is 2.27. The van der Waals surface area contributed by atoms with E-state index in [9.17, 15) is 26.4 Å². The lowest BCUT2D eigenvalue weighted by Gasteiger charge is -2.18. The second kappa shape index (κ2) is 9.05. The molecule has 10 heteroatoms. The number of methoxy groups -OCH3 is 1. The zero-order valence-corrected chi connectivity index (χ0v) is 17.7. The molecule has 0 aliphatic rings. The molecule has 164 valence electrons. The molecule has 0 bridgehead atoms. The number of carbonyl (C=O) groups is 1. The molecule has 0 saturated carbocycles. The van der Waals surface area contributed by atoms with Gasteiger partial charge in [0.25, 0.3) is 0 Å². The molecule has 30 heavy (non-hydrogen) atoms. The van der Waals surface area contributed by atoms with Crippen LogP contribution in [-0.4, -0.2) is 27.5 Å². The van der Waals surface area contributed by atoms with Crippen LogP contribution < -0.4 is 14.8 Å². The van der Waals surface area contributed by atoms with Gasteiger partial charge in [-0.05, 0) is 42.7 Å². The van der Waals surface area contributed by atoms with E-state index in [0.29, 0.717) is 0 Å². The van der Waals surface area contributed by atoms with Gasteiger partial charge < -0.3 is 10.1 Å². The summed E-state index contributed by atoms with van der Waals surface area (Å²) < 4.78 is 72.3. The summed E-state index contributed by atoms with van der Waals surface area (Å²) in [6.45, 7) is 5.02. The number of amides is 1. The third-order valence-corrected chi connectivity index (χ3v) is 5.92. The molecule has 1 unspecified atom stereocenters. The van der Waals surface area contributed by atoms with E-state index < -0.39 is 39.4 Å². The number of nitrogens with one attached hydrogen (secondary N) is 2. The van der Waals surface area contributed by atoms with Gasteiger partial charge in [0.1, 0.15) is 10.6 Å². The maximum atomic E-state index is 13.1. The van der Waals surface area contributed by atoms with E-state index in [1.165, 1.54) is 38.3 Å². The molecule has 6 nitrogen and oxygen atoms in total. The smallest absolute Gasteiger partial charge is 0.418 e. The summed E-state index contributed by atoms with van der Waals surface area (Å²) in [7, 11) is -2.88. The van der Waals surface area contributed by atoms with Gasteiger partial charge >= 0.3 is 6.18 Å². The summed E-state index contributed by atoms with van der Waals surface area (Å²) >= 11 is 0. The highest BCUT2D eigenvalue weighted by atomic mass is 32.2. The monoisotopic (exact) mass is 444 g/mol. The van der Waals surface area contributed by atoms with E-state index in [2.05, 4.69) is 10.0 Å². The topological polar surface area (TPSA) is 84.5 Å². The number of para-hydroxylation sites is 1. The van der Waals surface area contributed by atoms with Crippen molar-refractivity contribution >= 4 is 21.6 Å². The summed E-state index contributed by atoms with van der Waals surface area (Å²) in [4.78, 5) is 12.2. The predicted octanol–water partition coefficient (Wildman–Crippen LogP) is 4.14. The van der Waals surface area contributed by atoms with Gasteiger partial charge in [-0.25, -0.2) is 8.42 Å². The quantitative estimate of drug-likeness (QED) is 0.672. The molecule has 0 aliphatic heterocycles. The zero-order chi connectivity index (χ0) is 22.7. The summed E-state index contributed by atoms with van der Waals surface area (Å²) in [5, 5.41) is 2.13. The molecule has 0 heterocycles. The lowest BCUT2D eigenvalue weighted by molar-refractivity contribution is -0.137. The first-order chi connectivity index (χ1) is 13.9. The van der Waals surface area contributed by atoms with Gasteiger partial charge in [-0.1, -0.05) is 32.0 Å². The Hall–Kier alpha value is -2.59. The van der Waals surface area contributed by atoms with E-state index in [-0.39, 0.29) is 16.6 Å². The number of anilines is 1. The number of sulfonamides is 1. The molecule has 0 saturated heterocycles. The first-order valence-corrected chi connectivity index (χ1v) is 10.5. The number of alkyl halides is 3. The molecular formula is C20H23F3N2O4S. The second-order valence-corrected chi connectivity index (χ2v) is 8.62. The highest BCUT2D eigenvalue weighted by Crippen LogP contribution is 2.34. The Kier molecular flexibility index (Phi) is 7.14. The molecule has 2 N–H and O–H groups in total. The van der Waals surface area contributed by atoms with Crippen molar-refractivity contribution in [3.8, 4) is 5.75 Å². The Morgan fingerprint density at radius 2 is 1.70 bits per heavy atom. The molecule has 0 fully saturated rings. The van der Waals surface area contributed by atoms with Crippen LogP contribution in [0.25, 0.3) is 0 Å². The van der Waals surface area contributed by atoms with Crippen LogP contribution in [0, 0.1) is 0 Å². The first-order valence-electron chi connectivity index (χ1n) is 9.04. The van der Waals surface area contributed by atoms with Crippen molar-refractivity contribution < 1.29 is 31.1 Å². The van der Waals surface area contributed by atoms with Crippen LogP contribution in [0.15, 0.2) is 47.4 Å². The van der Waals surface area contributed by atoms with Crippen LogP contribution in [0.2, 0.25) is 0 Å². The van der Waals surface area contributed by atoms with Crippen molar-refractivity contribution in [1.29, 1.82) is 0 Å². The molecule has 2 aromatic carbocycles. The Morgan fingerprint density at radius 3 is 2.27 bits per heavy atom. The number of halogens is 3. The van der Waals surface area contributed by atoms with Crippen molar-refractivity contribution in [2.24, 2.45) is 0 Å². The van der Waals surface area contributed by atoms with Crippen LogP contribution in [0.5, 0.6) is 5.75 Å². The molecule has 0 aliphatic carbocycles. The molecule has 1 amide bonds. The maximum Gasteiger partial charge on any atom is 0.418 e. The third-order valence-electron chi connectivity index (χ3n) is 4.36. The molecule has 1 atom stereocenters. The Labute approximate surface area is 173 Å². The fourth-order valence-corrected chi connectivity index (χ4v) is 4.10. The molecule has 2 rings (SSSR count). The van der Waals surface area contributed by atoms with Crippen LogP contribution in [-0.2, 0) is 21.0 Å². The van der Waals surface area contributed by atoms with Gasteiger partial charge in [0.05, 0.1) is 24.4 Å². The molecule has 0 aromatic heterocycles. The lowest BCUT2D eigenvalue weighted by atomic mass is 10.0. The van der Waals surface area contributed by atoms with Crippen molar-refractivity contribution in [1.82, 2.24) is 4.72 Å². The van der Waals surface area contributed by atoms with E-state index in [4.69, 9.17) is 4.74 Å². The zero-order valence-electron chi connectivity index (χ0n) is 16.9. The fourth-order valence-electron chi connectivity index (χ4n) is 2.69. The van der Waals surface area contributed by atoms with Crippen LogP contribution >= 0.6 is 0 Å². The minimum Gasteiger partial charge on any atom is -0.495 e. The van der Waals surface area contributed by atoms with Gasteiger partial charge in [-0.15, -0.1) is 0 Å². The normalized spacial score (nSPS) is 13.2. The third kappa shape index (κ3) is 5.51. The summed E-state index contributed by atoms with van der Waals surface area (Å²) in [5.41, 5.74) is -0.743. The number of carbonyl (C=O) groups excluding carboxylic acids is 1. The number of rotatable bonds is 7.